The van der Waals surface area contributed by atoms with Crippen molar-refractivity contribution in [1.82, 2.24) is 4.90 Å². The molecular formula is C15H15NO3. The molecule has 0 saturated carbocycles. The van der Waals surface area contributed by atoms with Gasteiger partial charge in [-0.1, -0.05) is 24.3 Å². The third kappa shape index (κ3) is 1.88. The Bertz CT molecular complexity index is 546. The summed E-state index contributed by atoms with van der Waals surface area (Å²) in [5.74, 6) is -0.469. The van der Waals surface area contributed by atoms with Crippen molar-refractivity contribution in [2.75, 3.05) is 6.61 Å². The maximum Gasteiger partial charge on any atom is 0.254 e. The first kappa shape index (κ1) is 12.1. The summed E-state index contributed by atoms with van der Waals surface area (Å²) in [7, 11) is 0. The number of carbonyl (C=O) groups excluding carboxylic acids is 2. The van der Waals surface area contributed by atoms with E-state index in [2.05, 4.69) is 0 Å². The number of hydrogen-bond acceptors (Lipinski definition) is 3. The van der Waals surface area contributed by atoms with Gasteiger partial charge in [-0.15, -0.1) is 0 Å². The fourth-order valence-corrected chi connectivity index (χ4v) is 2.89. The van der Waals surface area contributed by atoms with E-state index >= 15 is 0 Å². The van der Waals surface area contributed by atoms with Crippen LogP contribution in [0.3, 0.4) is 0 Å². The second-order valence-corrected chi connectivity index (χ2v) is 4.70. The molecule has 2 amide bonds. The Balaban J connectivity index is 1.97. The zero-order valence-electron chi connectivity index (χ0n) is 10.7. The molecule has 0 N–H and O–H groups in total. The van der Waals surface area contributed by atoms with Gasteiger partial charge in [-0.05, 0) is 18.1 Å². The van der Waals surface area contributed by atoms with Gasteiger partial charge >= 0.3 is 0 Å². The van der Waals surface area contributed by atoms with Crippen molar-refractivity contribution in [3.63, 3.8) is 0 Å². The quantitative estimate of drug-likeness (QED) is 0.779. The van der Waals surface area contributed by atoms with Crippen LogP contribution in [0.2, 0.25) is 0 Å². The number of rotatable bonds is 3. The Kier molecular flexibility index (Phi) is 2.95. The van der Waals surface area contributed by atoms with Gasteiger partial charge in [-0.3, -0.25) is 14.5 Å². The predicted molar refractivity (Wildman–Crippen MR) is 69.2 cm³/mol. The first-order valence-electron chi connectivity index (χ1n) is 6.48. The van der Waals surface area contributed by atoms with E-state index in [4.69, 9.17) is 4.74 Å². The lowest BCUT2D eigenvalue weighted by molar-refractivity contribution is -0.140. The molecule has 1 aliphatic carbocycles. The Morgan fingerprint density at radius 3 is 2.42 bits per heavy atom. The summed E-state index contributed by atoms with van der Waals surface area (Å²) in [6, 6.07) is 7.66. The standard InChI is InChI=1S/C15H15NO3/c1-2-19-13-9-12(10-5-3-4-6-11(10)13)16-14(17)7-8-15(16)18/h3-8,12-13H,2,9H2,1H3/t12-,13-/m0/s1. The highest BCUT2D eigenvalue weighted by atomic mass is 16.5. The summed E-state index contributed by atoms with van der Waals surface area (Å²) < 4.78 is 5.72. The number of hydrogen-bond donors (Lipinski definition) is 0. The van der Waals surface area contributed by atoms with Crippen LogP contribution in [0.4, 0.5) is 0 Å². The highest BCUT2D eigenvalue weighted by Crippen LogP contribution is 2.44. The van der Waals surface area contributed by atoms with Gasteiger partial charge in [-0.25, -0.2) is 0 Å². The highest BCUT2D eigenvalue weighted by molar-refractivity contribution is 6.13. The minimum absolute atomic E-state index is 0.0348. The largest absolute Gasteiger partial charge is 0.374 e. The number of imide groups is 1. The van der Waals surface area contributed by atoms with Gasteiger partial charge < -0.3 is 4.74 Å². The molecular weight excluding hydrogens is 242 g/mol. The molecule has 1 aliphatic heterocycles. The molecule has 0 aromatic heterocycles. The zero-order chi connectivity index (χ0) is 13.4. The van der Waals surface area contributed by atoms with E-state index in [1.54, 1.807) is 0 Å². The van der Waals surface area contributed by atoms with Gasteiger partial charge in [0.1, 0.15) is 0 Å². The molecule has 2 atom stereocenters. The lowest BCUT2D eigenvalue weighted by Crippen LogP contribution is -2.33. The first-order valence-corrected chi connectivity index (χ1v) is 6.48. The van der Waals surface area contributed by atoms with Gasteiger partial charge in [0, 0.05) is 25.2 Å². The first-order chi connectivity index (χ1) is 9.22. The van der Waals surface area contributed by atoms with Crippen molar-refractivity contribution in [2.24, 2.45) is 0 Å². The third-order valence-corrected chi connectivity index (χ3v) is 3.66. The van der Waals surface area contributed by atoms with Crippen molar-refractivity contribution in [2.45, 2.75) is 25.5 Å². The Hall–Kier alpha value is -1.94. The van der Waals surface area contributed by atoms with E-state index in [0.29, 0.717) is 13.0 Å². The van der Waals surface area contributed by atoms with Crippen molar-refractivity contribution < 1.29 is 14.3 Å². The smallest absolute Gasteiger partial charge is 0.254 e. The molecule has 0 spiro atoms. The Morgan fingerprint density at radius 1 is 1.16 bits per heavy atom. The molecule has 1 aromatic rings. The molecule has 0 saturated heterocycles. The number of amides is 2. The molecule has 1 heterocycles. The van der Waals surface area contributed by atoms with Crippen molar-refractivity contribution in [1.29, 1.82) is 0 Å². The number of benzene rings is 1. The fraction of sp³-hybridized carbons (Fsp3) is 0.333. The van der Waals surface area contributed by atoms with Crippen LogP contribution in [0.15, 0.2) is 36.4 Å². The summed E-state index contributed by atoms with van der Waals surface area (Å²) in [4.78, 5) is 25.0. The Morgan fingerprint density at radius 2 is 1.79 bits per heavy atom. The van der Waals surface area contributed by atoms with E-state index in [-0.39, 0.29) is 24.0 Å². The van der Waals surface area contributed by atoms with Crippen LogP contribution >= 0.6 is 0 Å². The normalized spacial score (nSPS) is 25.2. The lowest BCUT2D eigenvalue weighted by Gasteiger charge is -2.23. The van der Waals surface area contributed by atoms with Crippen LogP contribution in [0.1, 0.15) is 36.6 Å². The van der Waals surface area contributed by atoms with Crippen molar-refractivity contribution in [3.8, 4) is 0 Å². The summed E-state index contributed by atoms with van der Waals surface area (Å²) in [6.45, 7) is 2.56. The average molecular weight is 257 g/mol. The van der Waals surface area contributed by atoms with E-state index < -0.39 is 0 Å². The molecule has 2 aliphatic rings. The Labute approximate surface area is 111 Å². The van der Waals surface area contributed by atoms with Gasteiger partial charge in [0.25, 0.3) is 11.8 Å². The predicted octanol–water partition coefficient (Wildman–Crippen LogP) is 2.13. The summed E-state index contributed by atoms with van der Waals surface area (Å²) in [6.07, 6.45) is 3.27. The molecule has 1 aromatic carbocycles. The highest BCUT2D eigenvalue weighted by Gasteiger charge is 2.40. The van der Waals surface area contributed by atoms with Gasteiger partial charge in [0.15, 0.2) is 0 Å². The van der Waals surface area contributed by atoms with Crippen LogP contribution < -0.4 is 0 Å². The maximum atomic E-state index is 11.8. The van der Waals surface area contributed by atoms with E-state index in [1.807, 2.05) is 31.2 Å². The topological polar surface area (TPSA) is 46.6 Å². The monoisotopic (exact) mass is 257 g/mol. The van der Waals surface area contributed by atoms with Crippen LogP contribution in [-0.4, -0.2) is 23.3 Å². The zero-order valence-corrected chi connectivity index (χ0v) is 10.7. The van der Waals surface area contributed by atoms with Gasteiger partial charge in [0.2, 0.25) is 0 Å². The van der Waals surface area contributed by atoms with Crippen LogP contribution in [0.25, 0.3) is 0 Å². The molecule has 98 valence electrons. The maximum absolute atomic E-state index is 11.8. The molecule has 19 heavy (non-hydrogen) atoms. The molecule has 0 unspecified atom stereocenters. The minimum atomic E-state index is -0.234. The molecule has 4 heteroatoms. The lowest BCUT2D eigenvalue weighted by atomic mass is 10.1. The van der Waals surface area contributed by atoms with Gasteiger partial charge in [0.05, 0.1) is 12.1 Å². The van der Waals surface area contributed by atoms with E-state index in [9.17, 15) is 9.59 Å². The molecule has 4 nitrogen and oxygen atoms in total. The number of nitrogens with zero attached hydrogens (tertiary/aromatic N) is 1. The van der Waals surface area contributed by atoms with E-state index in [0.717, 1.165) is 11.1 Å². The SMILES string of the molecule is CCO[C@H]1C[C@H](N2C(=O)C=CC2=O)c2ccccc21. The summed E-state index contributed by atoms with van der Waals surface area (Å²) in [5, 5.41) is 0. The van der Waals surface area contributed by atoms with Crippen molar-refractivity contribution >= 4 is 11.8 Å². The van der Waals surface area contributed by atoms with E-state index in [1.165, 1.54) is 17.1 Å². The summed E-state index contributed by atoms with van der Waals surface area (Å²) in [5.41, 5.74) is 2.10. The molecule has 0 fully saturated rings. The molecule has 0 radical (unpaired) electrons. The second kappa shape index (κ2) is 4.63. The van der Waals surface area contributed by atoms with Crippen molar-refractivity contribution in [3.05, 3.63) is 47.5 Å². The van der Waals surface area contributed by atoms with Gasteiger partial charge in [-0.2, -0.15) is 0 Å². The fourth-order valence-electron chi connectivity index (χ4n) is 2.89. The molecule has 3 rings (SSSR count). The average Bonchev–Trinajstić information content (AvgIpc) is 2.92. The second-order valence-electron chi connectivity index (χ2n) is 4.70. The van der Waals surface area contributed by atoms with Crippen LogP contribution in [0, 0.1) is 0 Å². The van der Waals surface area contributed by atoms with Crippen LogP contribution in [0.5, 0.6) is 0 Å². The number of carbonyl (C=O) groups is 2. The van der Waals surface area contributed by atoms with Crippen LogP contribution in [-0.2, 0) is 14.3 Å². The summed E-state index contributed by atoms with van der Waals surface area (Å²) >= 11 is 0. The minimum Gasteiger partial charge on any atom is -0.374 e. The molecule has 0 bridgehead atoms. The number of ether oxygens (including phenoxy) is 1. The third-order valence-electron chi connectivity index (χ3n) is 3.66. The number of fused-ring (bicyclic) bond motifs is 1.